The molecule has 5 nitrogen and oxygen atoms in total. The van der Waals surface area contributed by atoms with Crippen LogP contribution in [0.5, 0.6) is 0 Å². The average molecular weight is 335 g/mol. The Kier molecular flexibility index (Phi) is 4.04. The van der Waals surface area contributed by atoms with Crippen molar-refractivity contribution in [1.82, 2.24) is 10.3 Å². The summed E-state index contributed by atoms with van der Waals surface area (Å²) in [5, 5.41) is 12.9. The van der Waals surface area contributed by atoms with Crippen LogP contribution >= 0.6 is 12.4 Å². The summed E-state index contributed by atoms with van der Waals surface area (Å²) in [6.45, 7) is 8.95. The molecule has 0 saturated carbocycles. The first-order valence-corrected chi connectivity index (χ1v) is 8.03. The third kappa shape index (κ3) is 2.80. The number of nitrogens with zero attached hydrogens (tertiary/aromatic N) is 3. The number of nitrogens with one attached hydrogen (secondary N) is 1. The number of fused-ring (bicyclic) bond motifs is 1. The Balaban J connectivity index is 0.00000156. The third-order valence-electron chi connectivity index (χ3n) is 5.24. The molecule has 2 saturated heterocycles. The first-order valence-electron chi connectivity index (χ1n) is 8.03. The van der Waals surface area contributed by atoms with Crippen molar-refractivity contribution < 1.29 is 4.74 Å². The normalized spacial score (nSPS) is 23.6. The topological polar surface area (TPSA) is 61.2 Å². The molecule has 0 radical (unpaired) electrons. The zero-order valence-electron chi connectivity index (χ0n) is 13.7. The Bertz CT molecular complexity index is 663. The second kappa shape index (κ2) is 5.62. The quantitative estimate of drug-likeness (QED) is 0.851. The van der Waals surface area contributed by atoms with Gasteiger partial charge in [-0.3, -0.25) is 0 Å². The Morgan fingerprint density at radius 3 is 2.78 bits per heavy atom. The van der Waals surface area contributed by atoms with Gasteiger partial charge in [0.05, 0.1) is 23.5 Å². The molecule has 23 heavy (non-hydrogen) atoms. The van der Waals surface area contributed by atoms with Crippen LogP contribution in [0.25, 0.3) is 0 Å². The third-order valence-corrected chi connectivity index (χ3v) is 5.24. The molecular formula is C17H23ClN4O. The van der Waals surface area contributed by atoms with Gasteiger partial charge in [-0.15, -0.1) is 12.4 Å². The molecule has 3 aliphatic rings. The average Bonchev–Trinajstić information content (AvgIpc) is 2.90. The number of aromatic nitrogens is 1. The number of pyridine rings is 1. The van der Waals surface area contributed by atoms with Crippen LogP contribution < -0.4 is 10.2 Å². The Morgan fingerprint density at radius 1 is 1.39 bits per heavy atom. The fraction of sp³-hybridized carbons (Fsp3) is 0.647. The number of rotatable bonds is 1. The van der Waals surface area contributed by atoms with Crippen molar-refractivity contribution in [2.24, 2.45) is 5.41 Å². The minimum atomic E-state index is -0.171. The molecule has 0 unspecified atom stereocenters. The van der Waals surface area contributed by atoms with E-state index < -0.39 is 0 Å². The van der Waals surface area contributed by atoms with E-state index in [2.05, 4.69) is 30.1 Å². The smallest absolute Gasteiger partial charge is 0.146 e. The van der Waals surface area contributed by atoms with E-state index in [0.717, 1.165) is 49.7 Å². The highest BCUT2D eigenvalue weighted by Crippen LogP contribution is 2.38. The van der Waals surface area contributed by atoms with E-state index in [9.17, 15) is 5.26 Å². The fourth-order valence-electron chi connectivity index (χ4n) is 3.79. The van der Waals surface area contributed by atoms with Crippen LogP contribution in [0.4, 0.5) is 5.82 Å². The maximum absolute atomic E-state index is 9.51. The van der Waals surface area contributed by atoms with E-state index in [1.54, 1.807) is 0 Å². The molecule has 3 aliphatic heterocycles. The molecule has 1 spiro atoms. The van der Waals surface area contributed by atoms with Crippen molar-refractivity contribution in [3.63, 3.8) is 0 Å². The highest BCUT2D eigenvalue weighted by atomic mass is 35.5. The van der Waals surface area contributed by atoms with Gasteiger partial charge in [-0.05, 0) is 26.3 Å². The molecule has 4 rings (SSSR count). The minimum Gasteiger partial charge on any atom is -0.370 e. The summed E-state index contributed by atoms with van der Waals surface area (Å²) in [5.74, 6) is 0.878. The number of ether oxygens (including phenoxy) is 1. The summed E-state index contributed by atoms with van der Waals surface area (Å²) in [6.07, 6.45) is 2.00. The summed E-state index contributed by atoms with van der Waals surface area (Å²) in [7, 11) is 0. The lowest BCUT2D eigenvalue weighted by Crippen LogP contribution is -2.54. The zero-order chi connectivity index (χ0) is 15.4. The first kappa shape index (κ1) is 16.5. The van der Waals surface area contributed by atoms with Crippen LogP contribution in [0.2, 0.25) is 0 Å². The molecular weight excluding hydrogens is 312 g/mol. The van der Waals surface area contributed by atoms with Crippen molar-refractivity contribution in [3.8, 4) is 6.07 Å². The summed E-state index contributed by atoms with van der Waals surface area (Å²) in [5.41, 5.74) is 3.09. The van der Waals surface area contributed by atoms with Gasteiger partial charge in [0.25, 0.3) is 0 Å². The Morgan fingerprint density at radius 2 is 2.17 bits per heavy atom. The highest BCUT2D eigenvalue weighted by Gasteiger charge is 2.44. The van der Waals surface area contributed by atoms with Crippen LogP contribution in [0.1, 0.15) is 37.1 Å². The van der Waals surface area contributed by atoms with Gasteiger partial charge in [0.1, 0.15) is 11.9 Å². The number of hydrogen-bond donors (Lipinski definition) is 1. The summed E-state index contributed by atoms with van der Waals surface area (Å²) in [6, 6.07) is 4.31. The molecule has 4 heterocycles. The van der Waals surface area contributed by atoms with Crippen molar-refractivity contribution in [2.45, 2.75) is 38.9 Å². The lowest BCUT2D eigenvalue weighted by Gasteiger charge is -2.39. The summed E-state index contributed by atoms with van der Waals surface area (Å²) in [4.78, 5) is 7.20. The number of nitriles is 1. The first-order chi connectivity index (χ1) is 10.5. The lowest BCUT2D eigenvalue weighted by molar-refractivity contribution is -0.0412. The SMILES string of the molecule is CC1(C)Cc2nc(N3CCC4(CNC4)C3)c(C#N)cc2CO1.Cl. The molecule has 6 heteroatoms. The van der Waals surface area contributed by atoms with Crippen molar-refractivity contribution in [1.29, 1.82) is 5.26 Å². The van der Waals surface area contributed by atoms with E-state index in [0.29, 0.717) is 17.6 Å². The summed E-state index contributed by atoms with van der Waals surface area (Å²) >= 11 is 0. The van der Waals surface area contributed by atoms with Gasteiger partial charge in [0.2, 0.25) is 0 Å². The monoisotopic (exact) mass is 334 g/mol. The van der Waals surface area contributed by atoms with Gasteiger partial charge >= 0.3 is 0 Å². The van der Waals surface area contributed by atoms with Gasteiger partial charge in [0, 0.05) is 43.6 Å². The van der Waals surface area contributed by atoms with Crippen LogP contribution in [-0.4, -0.2) is 36.8 Å². The molecule has 1 N–H and O–H groups in total. The van der Waals surface area contributed by atoms with Crippen molar-refractivity contribution in [3.05, 3.63) is 22.9 Å². The van der Waals surface area contributed by atoms with Crippen LogP contribution in [0, 0.1) is 16.7 Å². The van der Waals surface area contributed by atoms with E-state index in [1.165, 1.54) is 6.42 Å². The van der Waals surface area contributed by atoms with Crippen LogP contribution in [0.3, 0.4) is 0 Å². The minimum absolute atomic E-state index is 0. The standard InChI is InChI=1S/C17H22N4O.ClH/c1-16(2)6-14-13(8-22-16)5-12(7-18)15(20-14)21-4-3-17(11-21)9-19-10-17;/h5,19H,3-4,6,8-11H2,1-2H3;1H. The van der Waals surface area contributed by atoms with E-state index in [-0.39, 0.29) is 18.0 Å². The Labute approximate surface area is 143 Å². The fourth-order valence-corrected chi connectivity index (χ4v) is 3.79. The van der Waals surface area contributed by atoms with Gasteiger partial charge in [-0.2, -0.15) is 5.26 Å². The maximum atomic E-state index is 9.51. The van der Waals surface area contributed by atoms with Gasteiger partial charge in [-0.25, -0.2) is 4.98 Å². The molecule has 0 amide bonds. The molecule has 2 fully saturated rings. The molecule has 1 aromatic rings. The second-order valence-corrected chi connectivity index (χ2v) is 7.58. The number of halogens is 1. The van der Waals surface area contributed by atoms with Crippen LogP contribution in [-0.2, 0) is 17.8 Å². The van der Waals surface area contributed by atoms with Gasteiger partial charge in [-0.1, -0.05) is 0 Å². The largest absolute Gasteiger partial charge is 0.370 e. The molecule has 0 aromatic carbocycles. The number of anilines is 1. The van der Waals surface area contributed by atoms with Crippen LogP contribution in [0.15, 0.2) is 6.07 Å². The molecule has 0 aliphatic carbocycles. The van der Waals surface area contributed by atoms with Gasteiger partial charge < -0.3 is 15.0 Å². The predicted molar refractivity (Wildman–Crippen MR) is 90.9 cm³/mol. The van der Waals surface area contributed by atoms with Crippen molar-refractivity contribution >= 4 is 18.2 Å². The maximum Gasteiger partial charge on any atom is 0.146 e. The second-order valence-electron chi connectivity index (χ2n) is 7.58. The number of hydrogen-bond acceptors (Lipinski definition) is 5. The van der Waals surface area contributed by atoms with E-state index >= 15 is 0 Å². The molecule has 124 valence electrons. The Hall–Kier alpha value is -1.35. The summed E-state index contributed by atoms with van der Waals surface area (Å²) < 4.78 is 5.84. The lowest BCUT2D eigenvalue weighted by atomic mass is 9.81. The van der Waals surface area contributed by atoms with Crippen molar-refractivity contribution in [2.75, 3.05) is 31.1 Å². The predicted octanol–water partition coefficient (Wildman–Crippen LogP) is 2.03. The van der Waals surface area contributed by atoms with Gasteiger partial charge in [0.15, 0.2) is 0 Å². The molecule has 0 bridgehead atoms. The molecule has 0 atom stereocenters. The zero-order valence-corrected chi connectivity index (χ0v) is 14.5. The molecule has 1 aromatic heterocycles. The highest BCUT2D eigenvalue weighted by molar-refractivity contribution is 5.85. The van der Waals surface area contributed by atoms with E-state index in [1.807, 2.05) is 6.07 Å². The van der Waals surface area contributed by atoms with E-state index in [4.69, 9.17) is 9.72 Å².